The Hall–Kier alpha value is -1.99. The third kappa shape index (κ3) is 5.01. The molecule has 1 aliphatic heterocycles. The minimum absolute atomic E-state index is 0.0137. The van der Waals surface area contributed by atoms with Crippen LogP contribution >= 0.6 is 0 Å². The van der Waals surface area contributed by atoms with Gasteiger partial charge in [0, 0.05) is 37.3 Å². The van der Waals surface area contributed by atoms with Gasteiger partial charge in [0.25, 0.3) is 5.69 Å². The molecule has 1 N–H and O–H groups in total. The van der Waals surface area contributed by atoms with Gasteiger partial charge in [-0.05, 0) is 20.8 Å². The van der Waals surface area contributed by atoms with Crippen molar-refractivity contribution in [3.05, 3.63) is 39.9 Å². The third-order valence-electron chi connectivity index (χ3n) is 4.21. The van der Waals surface area contributed by atoms with Crippen molar-refractivity contribution >= 4 is 11.6 Å². The standard InChI is InChI=1S/C17H25N3O4/c1-12(19-10-13(2)24-14(3)11-19)9-18-17(21)8-15-6-4-5-7-16(15)20(22)23/h4-7,12-14H,8-11H2,1-3H3,(H,18,21). The summed E-state index contributed by atoms with van der Waals surface area (Å²) in [5.41, 5.74) is 0.415. The topological polar surface area (TPSA) is 84.7 Å². The molecular weight excluding hydrogens is 310 g/mol. The molecule has 0 aliphatic carbocycles. The Morgan fingerprint density at radius 2 is 2.00 bits per heavy atom. The van der Waals surface area contributed by atoms with E-state index < -0.39 is 4.92 Å². The number of para-hydroxylation sites is 1. The molecule has 2 rings (SSSR count). The molecule has 132 valence electrons. The molecule has 1 aromatic rings. The fourth-order valence-corrected chi connectivity index (χ4v) is 3.04. The van der Waals surface area contributed by atoms with Crippen molar-refractivity contribution in [2.75, 3.05) is 19.6 Å². The summed E-state index contributed by atoms with van der Waals surface area (Å²) in [4.78, 5) is 25.0. The zero-order valence-electron chi connectivity index (χ0n) is 14.4. The lowest BCUT2D eigenvalue weighted by atomic mass is 10.1. The van der Waals surface area contributed by atoms with Gasteiger partial charge in [-0.1, -0.05) is 18.2 Å². The summed E-state index contributed by atoms with van der Waals surface area (Å²) >= 11 is 0. The zero-order valence-corrected chi connectivity index (χ0v) is 14.4. The average molecular weight is 335 g/mol. The quantitative estimate of drug-likeness (QED) is 0.632. The van der Waals surface area contributed by atoms with Crippen LogP contribution in [0.5, 0.6) is 0 Å². The third-order valence-corrected chi connectivity index (χ3v) is 4.21. The Balaban J connectivity index is 1.86. The number of ether oxygens (including phenoxy) is 1. The number of carbonyl (C=O) groups excluding carboxylic acids is 1. The van der Waals surface area contributed by atoms with Gasteiger partial charge in [-0.25, -0.2) is 0 Å². The molecule has 1 aromatic carbocycles. The van der Waals surface area contributed by atoms with Gasteiger partial charge in [0.05, 0.1) is 23.6 Å². The van der Waals surface area contributed by atoms with Crippen molar-refractivity contribution < 1.29 is 14.5 Å². The van der Waals surface area contributed by atoms with Crippen LogP contribution in [0, 0.1) is 10.1 Å². The smallest absolute Gasteiger partial charge is 0.273 e. The minimum Gasteiger partial charge on any atom is -0.373 e. The molecule has 1 fully saturated rings. The lowest BCUT2D eigenvalue weighted by molar-refractivity contribution is -0.385. The number of rotatable bonds is 6. The van der Waals surface area contributed by atoms with Crippen LogP contribution in [0.2, 0.25) is 0 Å². The number of hydrogen-bond donors (Lipinski definition) is 1. The van der Waals surface area contributed by atoms with Crippen molar-refractivity contribution in [3.8, 4) is 0 Å². The first-order valence-electron chi connectivity index (χ1n) is 8.25. The molecular formula is C17H25N3O4. The first kappa shape index (κ1) is 18.4. The van der Waals surface area contributed by atoms with Gasteiger partial charge in [0.2, 0.25) is 5.91 Å². The number of amides is 1. The van der Waals surface area contributed by atoms with Crippen LogP contribution in [0.15, 0.2) is 24.3 Å². The molecule has 1 aliphatic rings. The van der Waals surface area contributed by atoms with Crippen LogP contribution in [0.4, 0.5) is 5.69 Å². The van der Waals surface area contributed by atoms with E-state index >= 15 is 0 Å². The number of nitrogens with zero attached hydrogens (tertiary/aromatic N) is 2. The van der Waals surface area contributed by atoms with Crippen molar-refractivity contribution in [2.24, 2.45) is 0 Å². The Bertz CT molecular complexity index is 583. The van der Waals surface area contributed by atoms with Gasteiger partial charge in [0.1, 0.15) is 0 Å². The van der Waals surface area contributed by atoms with E-state index in [0.29, 0.717) is 12.1 Å². The molecule has 1 heterocycles. The number of carbonyl (C=O) groups is 1. The van der Waals surface area contributed by atoms with E-state index in [-0.39, 0.29) is 36.3 Å². The Morgan fingerprint density at radius 3 is 2.62 bits per heavy atom. The highest BCUT2D eigenvalue weighted by Gasteiger charge is 2.26. The summed E-state index contributed by atoms with van der Waals surface area (Å²) in [6.45, 7) is 8.34. The molecule has 3 atom stereocenters. The summed E-state index contributed by atoms with van der Waals surface area (Å²) in [6.07, 6.45) is 0.373. The van der Waals surface area contributed by atoms with Crippen LogP contribution in [0.3, 0.4) is 0 Å². The maximum atomic E-state index is 12.1. The van der Waals surface area contributed by atoms with Crippen molar-refractivity contribution in [3.63, 3.8) is 0 Å². The maximum absolute atomic E-state index is 12.1. The van der Waals surface area contributed by atoms with E-state index in [4.69, 9.17) is 4.74 Å². The zero-order chi connectivity index (χ0) is 17.7. The molecule has 1 saturated heterocycles. The predicted octanol–water partition coefficient (Wildman–Crippen LogP) is 1.75. The highest BCUT2D eigenvalue weighted by atomic mass is 16.6. The van der Waals surface area contributed by atoms with Gasteiger partial charge in [0.15, 0.2) is 0 Å². The van der Waals surface area contributed by atoms with Crippen LogP contribution < -0.4 is 5.32 Å². The van der Waals surface area contributed by atoms with Crippen molar-refractivity contribution in [1.29, 1.82) is 0 Å². The monoisotopic (exact) mass is 335 g/mol. The van der Waals surface area contributed by atoms with Crippen LogP contribution in [-0.4, -0.2) is 53.6 Å². The van der Waals surface area contributed by atoms with E-state index in [0.717, 1.165) is 13.1 Å². The first-order valence-corrected chi connectivity index (χ1v) is 8.25. The lowest BCUT2D eigenvalue weighted by Crippen LogP contribution is -2.52. The fraction of sp³-hybridized carbons (Fsp3) is 0.588. The second-order valence-electron chi connectivity index (χ2n) is 6.43. The largest absolute Gasteiger partial charge is 0.373 e. The van der Waals surface area contributed by atoms with Crippen molar-refractivity contribution in [1.82, 2.24) is 10.2 Å². The second kappa shape index (κ2) is 8.21. The first-order chi connectivity index (χ1) is 11.4. The normalized spacial score (nSPS) is 22.8. The highest BCUT2D eigenvalue weighted by molar-refractivity contribution is 5.79. The number of nitro benzene ring substituents is 1. The number of nitrogens with one attached hydrogen (secondary N) is 1. The van der Waals surface area contributed by atoms with E-state index in [1.807, 2.05) is 13.8 Å². The Morgan fingerprint density at radius 1 is 1.38 bits per heavy atom. The van der Waals surface area contributed by atoms with E-state index in [1.165, 1.54) is 6.07 Å². The van der Waals surface area contributed by atoms with Gasteiger partial charge in [-0.3, -0.25) is 19.8 Å². The fourth-order valence-electron chi connectivity index (χ4n) is 3.04. The molecule has 0 spiro atoms. The van der Waals surface area contributed by atoms with E-state index in [2.05, 4.69) is 17.1 Å². The van der Waals surface area contributed by atoms with Crippen LogP contribution in [-0.2, 0) is 16.0 Å². The van der Waals surface area contributed by atoms with Gasteiger partial charge in [-0.15, -0.1) is 0 Å². The summed E-state index contributed by atoms with van der Waals surface area (Å²) in [6, 6.07) is 6.53. The molecule has 7 nitrogen and oxygen atoms in total. The van der Waals surface area contributed by atoms with Crippen LogP contribution in [0.1, 0.15) is 26.3 Å². The summed E-state index contributed by atoms with van der Waals surface area (Å²) in [7, 11) is 0. The molecule has 1 amide bonds. The Kier molecular flexibility index (Phi) is 6.28. The molecule has 0 radical (unpaired) electrons. The SMILES string of the molecule is CC1CN(C(C)CNC(=O)Cc2ccccc2[N+](=O)[O-])CC(C)O1. The number of nitro groups is 1. The van der Waals surface area contributed by atoms with Crippen LogP contribution in [0.25, 0.3) is 0 Å². The highest BCUT2D eigenvalue weighted by Crippen LogP contribution is 2.18. The number of hydrogen-bond acceptors (Lipinski definition) is 5. The Labute approximate surface area is 142 Å². The molecule has 7 heteroatoms. The molecule has 0 aromatic heterocycles. The predicted molar refractivity (Wildman–Crippen MR) is 90.9 cm³/mol. The summed E-state index contributed by atoms with van der Waals surface area (Å²) in [5.74, 6) is -0.203. The van der Waals surface area contributed by atoms with Gasteiger partial charge < -0.3 is 10.1 Å². The number of morpholine rings is 1. The number of benzene rings is 1. The van der Waals surface area contributed by atoms with Crippen molar-refractivity contribution in [2.45, 2.75) is 45.4 Å². The lowest BCUT2D eigenvalue weighted by Gasteiger charge is -2.39. The maximum Gasteiger partial charge on any atom is 0.273 e. The molecule has 24 heavy (non-hydrogen) atoms. The van der Waals surface area contributed by atoms with E-state index in [1.54, 1.807) is 18.2 Å². The second-order valence-corrected chi connectivity index (χ2v) is 6.43. The molecule has 0 saturated carbocycles. The average Bonchev–Trinajstić information content (AvgIpc) is 2.52. The van der Waals surface area contributed by atoms with Gasteiger partial charge in [-0.2, -0.15) is 0 Å². The minimum atomic E-state index is -0.457. The molecule has 3 unspecified atom stereocenters. The van der Waals surface area contributed by atoms with Gasteiger partial charge >= 0.3 is 0 Å². The summed E-state index contributed by atoms with van der Waals surface area (Å²) in [5, 5.41) is 13.9. The van der Waals surface area contributed by atoms with E-state index in [9.17, 15) is 14.9 Å². The summed E-state index contributed by atoms with van der Waals surface area (Å²) < 4.78 is 5.71. The molecule has 0 bridgehead atoms.